The Labute approximate surface area is 99.4 Å². The summed E-state index contributed by atoms with van der Waals surface area (Å²) in [4.78, 5) is 0. The van der Waals surface area contributed by atoms with E-state index in [1.165, 1.54) is 6.08 Å². The number of ether oxygens (including phenoxy) is 2. The third-order valence-corrected chi connectivity index (χ3v) is 2.10. The van der Waals surface area contributed by atoms with E-state index in [2.05, 4.69) is 6.58 Å². The molecule has 0 spiro atoms. The first-order valence-corrected chi connectivity index (χ1v) is 5.27. The standard InChI is InChI=1S/C11H12Cl2O2/c1-3-11(12,13)15-10-8-6-5-7-9(10)14-4-2/h3,5-8H,1,4H2,2H3. The van der Waals surface area contributed by atoms with Crippen LogP contribution in [0.4, 0.5) is 0 Å². The molecule has 0 amide bonds. The van der Waals surface area contributed by atoms with Gasteiger partial charge in [0.25, 0.3) is 4.52 Å². The van der Waals surface area contributed by atoms with Crippen LogP contribution in [0.3, 0.4) is 0 Å². The Hall–Kier alpha value is -0.860. The maximum atomic E-state index is 5.80. The minimum Gasteiger partial charge on any atom is -0.490 e. The van der Waals surface area contributed by atoms with E-state index in [0.29, 0.717) is 18.1 Å². The van der Waals surface area contributed by atoms with E-state index in [1.54, 1.807) is 12.1 Å². The van der Waals surface area contributed by atoms with E-state index in [4.69, 9.17) is 32.7 Å². The Balaban J connectivity index is 2.88. The molecule has 15 heavy (non-hydrogen) atoms. The van der Waals surface area contributed by atoms with Gasteiger partial charge in [-0.25, -0.2) is 0 Å². The van der Waals surface area contributed by atoms with E-state index in [9.17, 15) is 0 Å². The van der Waals surface area contributed by atoms with Crippen LogP contribution in [0.5, 0.6) is 11.5 Å². The monoisotopic (exact) mass is 246 g/mol. The summed E-state index contributed by atoms with van der Waals surface area (Å²) in [7, 11) is 0. The van der Waals surface area contributed by atoms with E-state index in [-0.39, 0.29) is 0 Å². The predicted molar refractivity (Wildman–Crippen MR) is 62.9 cm³/mol. The summed E-state index contributed by atoms with van der Waals surface area (Å²) >= 11 is 11.6. The van der Waals surface area contributed by atoms with E-state index in [0.717, 1.165) is 0 Å². The fraction of sp³-hybridized carbons (Fsp3) is 0.273. The summed E-state index contributed by atoms with van der Waals surface area (Å²) in [6.07, 6.45) is 1.30. The van der Waals surface area contributed by atoms with Gasteiger partial charge in [-0.1, -0.05) is 41.9 Å². The van der Waals surface area contributed by atoms with Crippen LogP contribution in [0, 0.1) is 0 Å². The minimum absolute atomic E-state index is 0.490. The van der Waals surface area contributed by atoms with Crippen LogP contribution >= 0.6 is 23.2 Å². The summed E-state index contributed by atoms with van der Waals surface area (Å²) < 4.78 is 9.24. The molecule has 0 radical (unpaired) electrons. The molecule has 1 aromatic carbocycles. The highest BCUT2D eigenvalue weighted by Crippen LogP contribution is 2.33. The molecule has 0 saturated carbocycles. The average Bonchev–Trinajstić information content (AvgIpc) is 2.21. The van der Waals surface area contributed by atoms with Gasteiger partial charge in [0.15, 0.2) is 11.5 Å². The number of para-hydroxylation sites is 2. The van der Waals surface area contributed by atoms with Crippen LogP contribution in [0.25, 0.3) is 0 Å². The second-order valence-electron chi connectivity index (χ2n) is 2.75. The Kier molecular flexibility index (Phi) is 4.30. The molecular weight excluding hydrogens is 235 g/mol. The highest BCUT2D eigenvalue weighted by atomic mass is 35.5. The van der Waals surface area contributed by atoms with Crippen LogP contribution in [0.15, 0.2) is 36.9 Å². The number of halogens is 2. The maximum Gasteiger partial charge on any atom is 0.277 e. The zero-order valence-corrected chi connectivity index (χ0v) is 9.89. The van der Waals surface area contributed by atoms with Gasteiger partial charge in [-0.05, 0) is 25.1 Å². The van der Waals surface area contributed by atoms with Crippen molar-refractivity contribution in [1.29, 1.82) is 0 Å². The molecule has 1 aromatic rings. The normalized spacial score (nSPS) is 10.9. The fourth-order valence-corrected chi connectivity index (χ4v) is 1.16. The Morgan fingerprint density at radius 2 is 1.93 bits per heavy atom. The van der Waals surface area contributed by atoms with Crippen molar-refractivity contribution in [2.75, 3.05) is 6.61 Å². The Morgan fingerprint density at radius 1 is 1.33 bits per heavy atom. The molecule has 0 aliphatic heterocycles. The van der Waals surface area contributed by atoms with Crippen molar-refractivity contribution < 1.29 is 9.47 Å². The molecule has 1 rings (SSSR count). The number of alkyl halides is 2. The zero-order chi connectivity index (χ0) is 11.3. The van der Waals surface area contributed by atoms with Gasteiger partial charge in [0.1, 0.15) is 0 Å². The molecule has 0 unspecified atom stereocenters. The first-order valence-electron chi connectivity index (χ1n) is 4.51. The molecule has 0 aromatic heterocycles. The summed E-state index contributed by atoms with van der Waals surface area (Å²) in [5.41, 5.74) is 0. The van der Waals surface area contributed by atoms with E-state index >= 15 is 0 Å². The third kappa shape index (κ3) is 3.65. The smallest absolute Gasteiger partial charge is 0.277 e. The molecular formula is C11H12Cl2O2. The van der Waals surface area contributed by atoms with Crippen LogP contribution in [0.2, 0.25) is 0 Å². The number of rotatable bonds is 5. The van der Waals surface area contributed by atoms with Crippen molar-refractivity contribution >= 4 is 23.2 Å². The van der Waals surface area contributed by atoms with Crippen molar-refractivity contribution in [2.45, 2.75) is 11.4 Å². The van der Waals surface area contributed by atoms with Gasteiger partial charge >= 0.3 is 0 Å². The summed E-state index contributed by atoms with van der Waals surface area (Å²) in [6.45, 7) is 5.91. The van der Waals surface area contributed by atoms with Crippen LogP contribution in [-0.4, -0.2) is 11.1 Å². The molecule has 0 N–H and O–H groups in total. The van der Waals surface area contributed by atoms with Crippen LogP contribution in [0.1, 0.15) is 6.92 Å². The zero-order valence-electron chi connectivity index (χ0n) is 8.37. The predicted octanol–water partition coefficient (Wildman–Crippen LogP) is 3.78. The summed E-state index contributed by atoms with van der Waals surface area (Å²) in [5.74, 6) is 1.09. The van der Waals surface area contributed by atoms with Gasteiger partial charge < -0.3 is 9.47 Å². The molecule has 0 fully saturated rings. The lowest BCUT2D eigenvalue weighted by molar-refractivity contribution is 0.259. The van der Waals surface area contributed by atoms with E-state index in [1.807, 2.05) is 19.1 Å². The second-order valence-corrected chi connectivity index (χ2v) is 4.06. The summed E-state index contributed by atoms with van der Waals surface area (Å²) in [5, 5.41) is 0. The molecule has 2 nitrogen and oxygen atoms in total. The molecule has 82 valence electrons. The molecule has 0 aliphatic rings. The first-order chi connectivity index (χ1) is 7.09. The number of benzene rings is 1. The van der Waals surface area contributed by atoms with Crippen molar-refractivity contribution in [2.24, 2.45) is 0 Å². The van der Waals surface area contributed by atoms with Gasteiger partial charge in [0, 0.05) is 0 Å². The van der Waals surface area contributed by atoms with Crippen LogP contribution < -0.4 is 9.47 Å². The van der Waals surface area contributed by atoms with Crippen molar-refractivity contribution in [3.05, 3.63) is 36.9 Å². The third-order valence-electron chi connectivity index (χ3n) is 1.63. The Bertz CT molecular complexity index is 337. The number of hydrogen-bond donors (Lipinski definition) is 0. The quantitative estimate of drug-likeness (QED) is 0.582. The van der Waals surface area contributed by atoms with Crippen molar-refractivity contribution in [3.8, 4) is 11.5 Å². The molecule has 0 bridgehead atoms. The van der Waals surface area contributed by atoms with Gasteiger partial charge in [0.2, 0.25) is 0 Å². The molecule has 0 heterocycles. The van der Waals surface area contributed by atoms with Gasteiger partial charge in [-0.2, -0.15) is 0 Å². The van der Waals surface area contributed by atoms with Crippen LogP contribution in [-0.2, 0) is 0 Å². The average molecular weight is 247 g/mol. The molecule has 0 atom stereocenters. The summed E-state index contributed by atoms with van der Waals surface area (Å²) in [6, 6.07) is 7.17. The first kappa shape index (κ1) is 12.2. The molecule has 0 aliphatic carbocycles. The lowest BCUT2D eigenvalue weighted by Crippen LogP contribution is -2.18. The lowest BCUT2D eigenvalue weighted by atomic mass is 10.3. The van der Waals surface area contributed by atoms with Gasteiger partial charge in [0.05, 0.1) is 6.61 Å². The Morgan fingerprint density at radius 3 is 2.47 bits per heavy atom. The highest BCUT2D eigenvalue weighted by Gasteiger charge is 2.22. The molecule has 0 saturated heterocycles. The lowest BCUT2D eigenvalue weighted by Gasteiger charge is -2.19. The topological polar surface area (TPSA) is 18.5 Å². The van der Waals surface area contributed by atoms with E-state index < -0.39 is 4.52 Å². The fourth-order valence-electron chi connectivity index (χ4n) is 0.998. The number of hydrogen-bond acceptors (Lipinski definition) is 2. The van der Waals surface area contributed by atoms with Gasteiger partial charge in [-0.15, -0.1) is 0 Å². The highest BCUT2D eigenvalue weighted by molar-refractivity contribution is 6.48. The largest absolute Gasteiger partial charge is 0.490 e. The minimum atomic E-state index is -1.44. The second kappa shape index (κ2) is 5.29. The maximum absolute atomic E-state index is 5.80. The van der Waals surface area contributed by atoms with Gasteiger partial charge in [-0.3, -0.25) is 0 Å². The molecule has 4 heteroatoms. The van der Waals surface area contributed by atoms with Crippen molar-refractivity contribution in [1.82, 2.24) is 0 Å². The SMILES string of the molecule is C=CC(Cl)(Cl)Oc1ccccc1OCC. The van der Waals surface area contributed by atoms with Crippen molar-refractivity contribution in [3.63, 3.8) is 0 Å².